The van der Waals surface area contributed by atoms with Crippen LogP contribution in [0.5, 0.6) is 17.2 Å². The van der Waals surface area contributed by atoms with Crippen molar-refractivity contribution in [2.75, 3.05) is 41.9 Å². The van der Waals surface area contributed by atoms with Crippen molar-refractivity contribution in [3.05, 3.63) is 53.6 Å². The Labute approximate surface area is 144 Å². The molecule has 0 radical (unpaired) electrons. The van der Waals surface area contributed by atoms with Crippen molar-refractivity contribution in [1.29, 1.82) is 0 Å². The van der Waals surface area contributed by atoms with Gasteiger partial charge in [0, 0.05) is 17.9 Å². The molecule has 0 aliphatic rings. The second-order valence-electron chi connectivity index (χ2n) is 7.00. The van der Waals surface area contributed by atoms with Crippen LogP contribution in [0.4, 0.5) is 0 Å². The van der Waals surface area contributed by atoms with Crippen LogP contribution in [0.3, 0.4) is 0 Å². The van der Waals surface area contributed by atoms with E-state index in [0.29, 0.717) is 11.5 Å². The average molecular weight is 330 g/mol. The maximum atomic E-state index is 10.8. The Morgan fingerprint density at radius 3 is 2.04 bits per heavy atom. The fourth-order valence-corrected chi connectivity index (χ4v) is 2.93. The highest BCUT2D eigenvalue weighted by Gasteiger charge is 2.26. The van der Waals surface area contributed by atoms with Gasteiger partial charge in [0.2, 0.25) is 0 Å². The van der Waals surface area contributed by atoms with E-state index in [1.54, 1.807) is 20.3 Å². The molecule has 0 saturated carbocycles. The zero-order valence-corrected chi connectivity index (χ0v) is 15.2. The number of ether oxygens (including phenoxy) is 2. The SMILES string of the molecule is COc1ccc(OC)c(C(CC[N+](C)(C)C)c2ccccc2)c1O. The molecule has 24 heavy (non-hydrogen) atoms. The van der Waals surface area contributed by atoms with Crippen LogP contribution in [-0.2, 0) is 0 Å². The largest absolute Gasteiger partial charge is 0.504 e. The molecule has 0 fully saturated rings. The maximum Gasteiger partial charge on any atom is 0.165 e. The zero-order valence-electron chi connectivity index (χ0n) is 15.2. The topological polar surface area (TPSA) is 38.7 Å². The van der Waals surface area contributed by atoms with Gasteiger partial charge in [-0.1, -0.05) is 30.3 Å². The predicted molar refractivity (Wildman–Crippen MR) is 97.0 cm³/mol. The van der Waals surface area contributed by atoms with E-state index in [0.717, 1.165) is 28.6 Å². The molecule has 0 aliphatic heterocycles. The van der Waals surface area contributed by atoms with Crippen LogP contribution in [0.1, 0.15) is 23.5 Å². The van der Waals surface area contributed by atoms with E-state index in [-0.39, 0.29) is 11.7 Å². The van der Waals surface area contributed by atoms with Gasteiger partial charge in [-0.2, -0.15) is 0 Å². The summed E-state index contributed by atoms with van der Waals surface area (Å²) in [5.41, 5.74) is 1.95. The Bertz CT molecular complexity index is 663. The molecule has 0 amide bonds. The summed E-state index contributed by atoms with van der Waals surface area (Å²) < 4.78 is 11.7. The Hall–Kier alpha value is -2.20. The van der Waals surface area contributed by atoms with Crippen LogP contribution >= 0.6 is 0 Å². The van der Waals surface area contributed by atoms with Crippen LogP contribution in [0.15, 0.2) is 42.5 Å². The van der Waals surface area contributed by atoms with Crippen LogP contribution in [-0.4, -0.2) is 51.5 Å². The van der Waals surface area contributed by atoms with Gasteiger partial charge in [-0.15, -0.1) is 0 Å². The van der Waals surface area contributed by atoms with Crippen molar-refractivity contribution in [1.82, 2.24) is 0 Å². The Morgan fingerprint density at radius 2 is 1.50 bits per heavy atom. The van der Waals surface area contributed by atoms with Crippen molar-refractivity contribution < 1.29 is 19.1 Å². The van der Waals surface area contributed by atoms with Crippen molar-refractivity contribution >= 4 is 0 Å². The van der Waals surface area contributed by atoms with Gasteiger partial charge in [0.1, 0.15) is 5.75 Å². The normalized spacial score (nSPS) is 12.7. The fraction of sp³-hybridized carbons (Fsp3) is 0.400. The van der Waals surface area contributed by atoms with Gasteiger partial charge in [-0.25, -0.2) is 0 Å². The van der Waals surface area contributed by atoms with Gasteiger partial charge >= 0.3 is 0 Å². The summed E-state index contributed by atoms with van der Waals surface area (Å²) in [6.45, 7) is 0.972. The van der Waals surface area contributed by atoms with Gasteiger partial charge < -0.3 is 19.1 Å². The number of nitrogens with zero attached hydrogens (tertiary/aromatic N) is 1. The molecular formula is C20H28NO3+. The number of phenolic OH excluding ortho intramolecular Hbond substituents is 1. The molecule has 0 heterocycles. The lowest BCUT2D eigenvalue weighted by Gasteiger charge is -2.28. The second-order valence-corrected chi connectivity index (χ2v) is 7.00. The third-order valence-electron chi connectivity index (χ3n) is 4.22. The third-order valence-corrected chi connectivity index (χ3v) is 4.22. The summed E-state index contributed by atoms with van der Waals surface area (Å²) in [6, 6.07) is 13.8. The highest BCUT2D eigenvalue weighted by Crippen LogP contribution is 2.44. The first-order chi connectivity index (χ1) is 11.4. The third kappa shape index (κ3) is 4.20. The zero-order chi connectivity index (χ0) is 17.7. The predicted octanol–water partition coefficient (Wildman–Crippen LogP) is 3.64. The molecule has 0 saturated heterocycles. The maximum absolute atomic E-state index is 10.8. The van der Waals surface area contributed by atoms with E-state index in [1.807, 2.05) is 24.3 Å². The molecule has 0 spiro atoms. The van der Waals surface area contributed by atoms with E-state index in [1.165, 1.54) is 0 Å². The molecule has 1 atom stereocenters. The minimum Gasteiger partial charge on any atom is -0.504 e. The number of quaternary nitrogens is 1. The van der Waals surface area contributed by atoms with Crippen LogP contribution in [0.2, 0.25) is 0 Å². The molecule has 4 nitrogen and oxygen atoms in total. The van der Waals surface area contributed by atoms with E-state index < -0.39 is 0 Å². The summed E-state index contributed by atoms with van der Waals surface area (Å²) in [5.74, 6) is 1.35. The lowest BCUT2D eigenvalue weighted by molar-refractivity contribution is -0.870. The minimum absolute atomic E-state index is 0.0357. The first-order valence-electron chi connectivity index (χ1n) is 8.16. The summed E-state index contributed by atoms with van der Waals surface area (Å²) >= 11 is 0. The molecule has 0 bridgehead atoms. The van der Waals surface area contributed by atoms with Gasteiger partial charge in [0.15, 0.2) is 11.5 Å². The van der Waals surface area contributed by atoms with Crippen molar-refractivity contribution in [2.24, 2.45) is 0 Å². The highest BCUT2D eigenvalue weighted by atomic mass is 16.5. The van der Waals surface area contributed by atoms with Crippen LogP contribution < -0.4 is 9.47 Å². The fourth-order valence-electron chi connectivity index (χ4n) is 2.93. The molecule has 1 N–H and O–H groups in total. The first-order valence-corrected chi connectivity index (χ1v) is 8.16. The molecular weight excluding hydrogens is 302 g/mol. The van der Waals surface area contributed by atoms with Crippen molar-refractivity contribution in [3.63, 3.8) is 0 Å². The number of benzene rings is 2. The van der Waals surface area contributed by atoms with E-state index in [2.05, 4.69) is 33.3 Å². The number of phenols is 1. The molecule has 2 aromatic carbocycles. The van der Waals surface area contributed by atoms with E-state index >= 15 is 0 Å². The van der Waals surface area contributed by atoms with Gasteiger partial charge in [0.05, 0.1) is 41.9 Å². The van der Waals surface area contributed by atoms with Crippen LogP contribution in [0.25, 0.3) is 0 Å². The monoisotopic (exact) mass is 330 g/mol. The van der Waals surface area contributed by atoms with Crippen molar-refractivity contribution in [3.8, 4) is 17.2 Å². The minimum atomic E-state index is 0.0357. The summed E-state index contributed by atoms with van der Waals surface area (Å²) in [5, 5.41) is 10.8. The first kappa shape index (κ1) is 18.1. The molecule has 2 aromatic rings. The number of aromatic hydroxyl groups is 1. The summed E-state index contributed by atoms with van der Waals surface area (Å²) in [7, 11) is 9.71. The molecule has 4 heteroatoms. The lowest BCUT2D eigenvalue weighted by atomic mass is 9.86. The Kier molecular flexibility index (Phi) is 5.73. The number of rotatable bonds is 7. The molecule has 1 unspecified atom stereocenters. The van der Waals surface area contributed by atoms with Crippen LogP contribution in [0, 0.1) is 0 Å². The summed E-state index contributed by atoms with van der Waals surface area (Å²) in [4.78, 5) is 0. The molecule has 130 valence electrons. The smallest absolute Gasteiger partial charge is 0.165 e. The standard InChI is InChI=1S/C20H27NO3/c1-21(2,3)14-13-16(15-9-7-6-8-10-15)19-17(23-4)11-12-18(24-5)20(19)22/h6-12,16H,13-14H2,1-5H3/p+1. The quantitative estimate of drug-likeness (QED) is 0.788. The number of hydrogen-bond acceptors (Lipinski definition) is 3. The van der Waals surface area contributed by atoms with Gasteiger partial charge in [-0.05, 0) is 17.7 Å². The lowest BCUT2D eigenvalue weighted by Crippen LogP contribution is -2.36. The Balaban J connectivity index is 2.54. The van der Waals surface area contributed by atoms with Crippen molar-refractivity contribution in [2.45, 2.75) is 12.3 Å². The van der Waals surface area contributed by atoms with E-state index in [4.69, 9.17) is 9.47 Å². The van der Waals surface area contributed by atoms with E-state index in [9.17, 15) is 5.11 Å². The molecule has 2 rings (SSSR count). The highest BCUT2D eigenvalue weighted by molar-refractivity contribution is 5.57. The summed E-state index contributed by atoms with van der Waals surface area (Å²) in [6.07, 6.45) is 0.893. The number of hydrogen-bond donors (Lipinski definition) is 1. The molecule has 0 aromatic heterocycles. The number of methoxy groups -OCH3 is 2. The molecule has 0 aliphatic carbocycles. The van der Waals surface area contributed by atoms with Gasteiger partial charge in [-0.3, -0.25) is 0 Å². The Morgan fingerprint density at radius 1 is 0.917 bits per heavy atom. The van der Waals surface area contributed by atoms with Gasteiger partial charge in [0.25, 0.3) is 0 Å². The average Bonchev–Trinajstić information content (AvgIpc) is 2.56. The second kappa shape index (κ2) is 7.58.